The van der Waals surface area contributed by atoms with E-state index in [0.717, 1.165) is 11.4 Å². The van der Waals surface area contributed by atoms with E-state index in [1.165, 1.54) is 70.0 Å². The summed E-state index contributed by atoms with van der Waals surface area (Å²) in [6.45, 7) is 0. The lowest BCUT2D eigenvalue weighted by Gasteiger charge is -2.30. The van der Waals surface area contributed by atoms with E-state index in [-0.39, 0.29) is 0 Å². The molecule has 1 aromatic heterocycles. The molecule has 0 aliphatic heterocycles. The zero-order chi connectivity index (χ0) is 31.9. The van der Waals surface area contributed by atoms with Crippen molar-refractivity contribution in [1.82, 2.24) is 0 Å². The third kappa shape index (κ3) is 4.95. The molecular formula is C46H31NS. The van der Waals surface area contributed by atoms with E-state index in [0.29, 0.717) is 0 Å². The molecule has 0 fully saturated rings. The maximum absolute atomic E-state index is 2.47. The van der Waals surface area contributed by atoms with Gasteiger partial charge in [0, 0.05) is 42.5 Å². The largest absolute Gasteiger partial charge is 0.309 e. The molecule has 9 aromatic rings. The summed E-state index contributed by atoms with van der Waals surface area (Å²) in [6, 6.07) is 68.1. The predicted octanol–water partition coefficient (Wildman–Crippen LogP) is 13.7. The van der Waals surface area contributed by atoms with Crippen molar-refractivity contribution in [3.63, 3.8) is 0 Å². The van der Waals surface area contributed by atoms with Gasteiger partial charge in [0.05, 0.1) is 5.69 Å². The number of fused-ring (bicyclic) bond motifs is 5. The van der Waals surface area contributed by atoms with Gasteiger partial charge in [-0.15, -0.1) is 11.3 Å². The maximum atomic E-state index is 2.47. The fourth-order valence-corrected chi connectivity index (χ4v) is 8.19. The summed E-state index contributed by atoms with van der Waals surface area (Å²) in [4.78, 5) is 2.47. The monoisotopic (exact) mass is 629 g/mol. The molecule has 9 rings (SSSR count). The van der Waals surface area contributed by atoms with Gasteiger partial charge in [0.2, 0.25) is 0 Å². The second-order valence-corrected chi connectivity index (χ2v) is 13.2. The molecule has 0 bridgehead atoms. The van der Waals surface area contributed by atoms with Crippen LogP contribution in [0.25, 0.3) is 64.3 Å². The van der Waals surface area contributed by atoms with Crippen LogP contribution in [0.2, 0.25) is 0 Å². The number of rotatable bonds is 6. The van der Waals surface area contributed by atoms with Crippen molar-refractivity contribution in [2.75, 3.05) is 4.90 Å². The van der Waals surface area contributed by atoms with Crippen molar-refractivity contribution >= 4 is 59.3 Å². The minimum Gasteiger partial charge on any atom is -0.309 e. The van der Waals surface area contributed by atoms with Gasteiger partial charge in [-0.1, -0.05) is 158 Å². The first kappa shape index (κ1) is 28.3. The lowest BCUT2D eigenvalue weighted by Crippen LogP contribution is -2.12. The van der Waals surface area contributed by atoms with Gasteiger partial charge in [-0.2, -0.15) is 0 Å². The van der Waals surface area contributed by atoms with Gasteiger partial charge in [0.1, 0.15) is 0 Å². The average Bonchev–Trinajstić information content (AvgIpc) is 3.56. The molecule has 0 aliphatic rings. The average molecular weight is 630 g/mol. The van der Waals surface area contributed by atoms with Crippen molar-refractivity contribution in [3.05, 3.63) is 188 Å². The van der Waals surface area contributed by atoms with Gasteiger partial charge in [0.15, 0.2) is 0 Å². The normalized spacial score (nSPS) is 11.3. The van der Waals surface area contributed by atoms with Crippen LogP contribution < -0.4 is 4.90 Å². The van der Waals surface area contributed by atoms with Crippen LogP contribution >= 0.6 is 11.3 Å². The first-order chi connectivity index (χ1) is 23.8. The number of hydrogen-bond acceptors (Lipinski definition) is 2. The third-order valence-corrected chi connectivity index (χ3v) is 10.5. The SMILES string of the molecule is c1ccc(-c2ccc(N(c3ccc(-c4ccccc4)cc3)c3c(-c4ccccc4)ccc4ccc5c6ccccc6sc5c34)cc2)cc1. The Bertz CT molecular complexity index is 2430. The number of thiophene rings is 1. The van der Waals surface area contributed by atoms with Gasteiger partial charge >= 0.3 is 0 Å². The Morgan fingerprint density at radius 2 is 0.833 bits per heavy atom. The molecule has 8 aromatic carbocycles. The van der Waals surface area contributed by atoms with Gasteiger partial charge in [-0.05, 0) is 63.5 Å². The summed E-state index contributed by atoms with van der Waals surface area (Å²) in [7, 11) is 0. The molecule has 0 radical (unpaired) electrons. The zero-order valence-electron chi connectivity index (χ0n) is 26.3. The maximum Gasteiger partial charge on any atom is 0.0632 e. The number of benzene rings is 8. The van der Waals surface area contributed by atoms with Crippen molar-refractivity contribution in [3.8, 4) is 33.4 Å². The Morgan fingerprint density at radius 1 is 0.354 bits per heavy atom. The fraction of sp³-hybridized carbons (Fsp3) is 0. The van der Waals surface area contributed by atoms with E-state index in [9.17, 15) is 0 Å². The van der Waals surface area contributed by atoms with E-state index in [4.69, 9.17) is 0 Å². The first-order valence-electron chi connectivity index (χ1n) is 16.4. The van der Waals surface area contributed by atoms with Crippen LogP contribution in [0.3, 0.4) is 0 Å². The Hall–Kier alpha value is -5.96. The minimum absolute atomic E-state index is 1.12. The van der Waals surface area contributed by atoms with E-state index >= 15 is 0 Å². The predicted molar refractivity (Wildman–Crippen MR) is 208 cm³/mol. The summed E-state index contributed by atoms with van der Waals surface area (Å²) in [5, 5.41) is 5.11. The molecule has 0 aliphatic carbocycles. The third-order valence-electron chi connectivity index (χ3n) is 9.27. The van der Waals surface area contributed by atoms with Crippen LogP contribution in [0.15, 0.2) is 188 Å². The van der Waals surface area contributed by atoms with Crippen LogP contribution in [0.5, 0.6) is 0 Å². The quantitative estimate of drug-likeness (QED) is 0.177. The molecule has 0 N–H and O–H groups in total. The molecule has 1 heterocycles. The second-order valence-electron chi connectivity index (χ2n) is 12.1. The zero-order valence-corrected chi connectivity index (χ0v) is 27.1. The molecule has 0 atom stereocenters. The van der Waals surface area contributed by atoms with Gasteiger partial charge < -0.3 is 4.90 Å². The standard InChI is InChI=1S/C46H31NS/c1-4-12-32(13-5-1)34-20-26-38(27-21-34)47(39-28-22-35(23-29-39)33-14-6-2-7-15-33)45-40(36-16-8-3-9-17-36)30-24-37-25-31-42-41-18-10-11-19-43(41)48-46(42)44(37)45/h1-31H. The number of hydrogen-bond donors (Lipinski definition) is 0. The summed E-state index contributed by atoms with van der Waals surface area (Å²) < 4.78 is 2.62. The highest BCUT2D eigenvalue weighted by Gasteiger charge is 2.23. The van der Waals surface area contributed by atoms with Crippen molar-refractivity contribution in [1.29, 1.82) is 0 Å². The lowest BCUT2D eigenvalue weighted by atomic mass is 9.95. The Balaban J connectivity index is 1.35. The van der Waals surface area contributed by atoms with Crippen molar-refractivity contribution in [2.45, 2.75) is 0 Å². The van der Waals surface area contributed by atoms with Crippen LogP contribution in [0.4, 0.5) is 17.1 Å². The summed E-state index contributed by atoms with van der Waals surface area (Å²) in [5.41, 5.74) is 10.6. The Kier molecular flexibility index (Phi) is 7.07. The van der Waals surface area contributed by atoms with Crippen LogP contribution in [-0.2, 0) is 0 Å². The molecule has 0 spiro atoms. The van der Waals surface area contributed by atoms with Crippen molar-refractivity contribution in [2.24, 2.45) is 0 Å². The highest BCUT2D eigenvalue weighted by atomic mass is 32.1. The van der Waals surface area contributed by atoms with Gasteiger partial charge in [0.25, 0.3) is 0 Å². The number of nitrogens with zero attached hydrogens (tertiary/aromatic N) is 1. The molecule has 48 heavy (non-hydrogen) atoms. The van der Waals surface area contributed by atoms with Gasteiger partial charge in [-0.25, -0.2) is 0 Å². The molecule has 1 nitrogen and oxygen atoms in total. The molecule has 0 saturated carbocycles. The Morgan fingerprint density at radius 3 is 1.42 bits per heavy atom. The summed E-state index contributed by atoms with van der Waals surface area (Å²) in [5.74, 6) is 0. The van der Waals surface area contributed by atoms with E-state index in [2.05, 4.69) is 193 Å². The first-order valence-corrected chi connectivity index (χ1v) is 17.2. The summed E-state index contributed by atoms with van der Waals surface area (Å²) >= 11 is 1.89. The van der Waals surface area contributed by atoms with E-state index in [1.54, 1.807) is 0 Å². The minimum atomic E-state index is 1.12. The number of anilines is 3. The molecule has 2 heteroatoms. The molecule has 0 amide bonds. The molecular weight excluding hydrogens is 599 g/mol. The Labute approximate surface area is 284 Å². The van der Waals surface area contributed by atoms with Crippen LogP contribution in [0.1, 0.15) is 0 Å². The second kappa shape index (κ2) is 12.0. The van der Waals surface area contributed by atoms with Crippen LogP contribution in [-0.4, -0.2) is 0 Å². The molecule has 226 valence electrons. The van der Waals surface area contributed by atoms with Crippen molar-refractivity contribution < 1.29 is 0 Å². The topological polar surface area (TPSA) is 3.24 Å². The van der Waals surface area contributed by atoms with E-state index in [1.807, 2.05) is 11.3 Å². The van der Waals surface area contributed by atoms with E-state index < -0.39 is 0 Å². The fourth-order valence-electron chi connectivity index (χ4n) is 6.93. The van der Waals surface area contributed by atoms with Crippen LogP contribution in [0, 0.1) is 0 Å². The smallest absolute Gasteiger partial charge is 0.0632 e. The highest BCUT2D eigenvalue weighted by molar-refractivity contribution is 7.26. The lowest BCUT2D eigenvalue weighted by molar-refractivity contribution is 1.30. The summed E-state index contributed by atoms with van der Waals surface area (Å²) in [6.07, 6.45) is 0. The molecule has 0 unspecified atom stereocenters. The highest BCUT2D eigenvalue weighted by Crippen LogP contribution is 2.50. The van der Waals surface area contributed by atoms with Gasteiger partial charge in [-0.3, -0.25) is 0 Å². The molecule has 0 saturated heterocycles.